The number of rotatable bonds is 6. The molecule has 0 bridgehead atoms. The second-order valence-corrected chi connectivity index (χ2v) is 10.9. The fraction of sp³-hybridized carbons (Fsp3) is 0.458. The lowest BCUT2D eigenvalue weighted by molar-refractivity contribution is -0.126. The number of methoxy groups -OCH3 is 1. The average molecular weight is 479 g/mol. The third kappa shape index (κ3) is 5.11. The van der Waals surface area contributed by atoms with Crippen molar-refractivity contribution in [1.29, 1.82) is 0 Å². The van der Waals surface area contributed by atoms with E-state index in [1.165, 1.54) is 34.7 Å². The molecule has 0 aromatic heterocycles. The van der Waals surface area contributed by atoms with Gasteiger partial charge in [0.25, 0.3) is 0 Å². The summed E-state index contributed by atoms with van der Waals surface area (Å²) in [7, 11) is -2.43. The van der Waals surface area contributed by atoms with Crippen LogP contribution in [0.2, 0.25) is 5.02 Å². The Kier molecular flexibility index (Phi) is 7.53. The van der Waals surface area contributed by atoms with Gasteiger partial charge in [0, 0.05) is 18.1 Å². The lowest BCUT2D eigenvalue weighted by Gasteiger charge is -2.32. The maximum absolute atomic E-state index is 13.3. The summed E-state index contributed by atoms with van der Waals surface area (Å²) in [5.74, 6) is -0.314. The number of sulfonamides is 1. The quantitative estimate of drug-likeness (QED) is 0.660. The summed E-state index contributed by atoms with van der Waals surface area (Å²) >= 11 is 6.04. The first-order chi connectivity index (χ1) is 15.0. The number of aryl methyl sites for hydroxylation is 3. The molecule has 1 N–H and O–H groups in total. The van der Waals surface area contributed by atoms with Crippen molar-refractivity contribution in [1.82, 2.24) is 9.62 Å². The Balaban J connectivity index is 1.76. The number of benzene rings is 2. The van der Waals surface area contributed by atoms with Crippen molar-refractivity contribution >= 4 is 27.5 Å². The lowest BCUT2D eigenvalue weighted by Crippen LogP contribution is -2.45. The van der Waals surface area contributed by atoms with Crippen LogP contribution in [0, 0.1) is 26.7 Å². The predicted molar refractivity (Wildman–Crippen MR) is 127 cm³/mol. The first-order valence-corrected chi connectivity index (χ1v) is 12.6. The first-order valence-electron chi connectivity index (χ1n) is 10.8. The number of amides is 1. The largest absolute Gasteiger partial charge is 0.495 e. The van der Waals surface area contributed by atoms with Gasteiger partial charge in [0.1, 0.15) is 10.6 Å². The van der Waals surface area contributed by atoms with E-state index in [-0.39, 0.29) is 29.1 Å². The SMILES string of the molecule is COc1ccc(Cl)cc1S(=O)(=O)N1CCC[C@@H](C(=O)N[C@@H](C)c2cc(C)c(C)cc2C)C1. The Morgan fingerprint density at radius 3 is 2.53 bits per heavy atom. The maximum atomic E-state index is 13.3. The third-order valence-electron chi connectivity index (χ3n) is 6.21. The van der Waals surface area contributed by atoms with Crippen LogP contribution in [-0.2, 0) is 14.8 Å². The number of carbonyl (C=O) groups excluding carboxylic acids is 1. The minimum atomic E-state index is -3.85. The van der Waals surface area contributed by atoms with Crippen molar-refractivity contribution in [3.05, 3.63) is 57.6 Å². The summed E-state index contributed by atoms with van der Waals surface area (Å²) in [6, 6.07) is 8.59. The van der Waals surface area contributed by atoms with Gasteiger partial charge in [-0.1, -0.05) is 23.7 Å². The standard InChI is InChI=1S/C24H31ClN2O4S/c1-15-11-17(3)21(12-16(15)2)18(4)26-24(28)19-7-6-10-27(14-19)32(29,30)23-13-20(25)8-9-22(23)31-5/h8-9,11-13,18-19H,6-7,10,14H2,1-5H3,(H,26,28)/t18-,19+/m0/s1. The van der Waals surface area contributed by atoms with E-state index in [1.54, 1.807) is 6.07 Å². The highest BCUT2D eigenvalue weighted by atomic mass is 35.5. The Morgan fingerprint density at radius 2 is 1.84 bits per heavy atom. The smallest absolute Gasteiger partial charge is 0.246 e. The highest BCUT2D eigenvalue weighted by Crippen LogP contribution is 2.32. The summed E-state index contributed by atoms with van der Waals surface area (Å²) in [6.45, 7) is 8.61. The zero-order valence-electron chi connectivity index (χ0n) is 19.2. The molecule has 1 fully saturated rings. The van der Waals surface area contributed by atoms with Gasteiger partial charge in [0.15, 0.2) is 0 Å². The molecule has 0 aliphatic carbocycles. The van der Waals surface area contributed by atoms with E-state index in [1.807, 2.05) is 13.8 Å². The van der Waals surface area contributed by atoms with Gasteiger partial charge in [-0.2, -0.15) is 4.31 Å². The van der Waals surface area contributed by atoms with Gasteiger partial charge in [-0.15, -0.1) is 0 Å². The molecule has 2 atom stereocenters. The number of piperidine rings is 1. The molecular formula is C24H31ClN2O4S. The van der Waals surface area contributed by atoms with Gasteiger partial charge in [-0.3, -0.25) is 4.79 Å². The van der Waals surface area contributed by atoms with Crippen molar-refractivity contribution in [2.24, 2.45) is 5.92 Å². The van der Waals surface area contributed by atoms with Gasteiger partial charge < -0.3 is 10.1 Å². The van der Waals surface area contributed by atoms with Gasteiger partial charge in [0.2, 0.25) is 15.9 Å². The number of nitrogens with one attached hydrogen (secondary N) is 1. The summed E-state index contributed by atoms with van der Waals surface area (Å²) in [4.78, 5) is 13.1. The van der Waals surface area contributed by atoms with Crippen molar-refractivity contribution < 1.29 is 17.9 Å². The first kappa shape index (κ1) is 24.6. The Labute approximate surface area is 196 Å². The summed E-state index contributed by atoms with van der Waals surface area (Å²) in [5.41, 5.74) is 4.60. The lowest BCUT2D eigenvalue weighted by atomic mass is 9.95. The zero-order chi connectivity index (χ0) is 23.6. The number of hydrogen-bond donors (Lipinski definition) is 1. The molecule has 174 valence electrons. The number of hydrogen-bond acceptors (Lipinski definition) is 4. The number of carbonyl (C=O) groups is 1. The van der Waals surface area contributed by atoms with E-state index >= 15 is 0 Å². The molecular weight excluding hydrogens is 448 g/mol. The van der Waals surface area contributed by atoms with Crippen molar-refractivity contribution in [2.75, 3.05) is 20.2 Å². The predicted octanol–water partition coefficient (Wildman–Crippen LogP) is 4.55. The molecule has 1 saturated heterocycles. The van der Waals surface area contributed by atoms with E-state index < -0.39 is 15.9 Å². The third-order valence-corrected chi connectivity index (χ3v) is 8.33. The molecule has 0 saturated carbocycles. The monoisotopic (exact) mass is 478 g/mol. The molecule has 0 unspecified atom stereocenters. The molecule has 1 amide bonds. The van der Waals surface area contributed by atoms with Crippen molar-refractivity contribution in [3.8, 4) is 5.75 Å². The average Bonchev–Trinajstić information content (AvgIpc) is 2.76. The van der Waals surface area contributed by atoms with E-state index in [4.69, 9.17) is 16.3 Å². The van der Waals surface area contributed by atoms with Crippen LogP contribution in [0.15, 0.2) is 35.2 Å². The van der Waals surface area contributed by atoms with Crippen LogP contribution >= 0.6 is 11.6 Å². The maximum Gasteiger partial charge on any atom is 0.246 e. The Morgan fingerprint density at radius 1 is 1.16 bits per heavy atom. The fourth-order valence-corrected chi connectivity index (χ4v) is 6.17. The Hall–Kier alpha value is -2.09. The second-order valence-electron chi connectivity index (χ2n) is 8.52. The topological polar surface area (TPSA) is 75.7 Å². The molecule has 6 nitrogen and oxygen atoms in total. The molecule has 3 rings (SSSR count). The van der Waals surface area contributed by atoms with Crippen LogP contribution in [-0.4, -0.2) is 38.8 Å². The molecule has 0 spiro atoms. The summed E-state index contributed by atoms with van der Waals surface area (Å²) in [6.07, 6.45) is 1.25. The van der Waals surface area contributed by atoms with Crippen LogP contribution in [0.5, 0.6) is 5.75 Å². The molecule has 1 aliphatic heterocycles. The van der Waals surface area contributed by atoms with Crippen LogP contribution in [0.3, 0.4) is 0 Å². The van der Waals surface area contributed by atoms with E-state index in [0.29, 0.717) is 24.4 Å². The molecule has 1 heterocycles. The van der Waals surface area contributed by atoms with Gasteiger partial charge >= 0.3 is 0 Å². The van der Waals surface area contributed by atoms with Gasteiger partial charge in [-0.05, 0) is 81.0 Å². The second kappa shape index (κ2) is 9.81. The van der Waals surface area contributed by atoms with Crippen LogP contribution < -0.4 is 10.1 Å². The highest BCUT2D eigenvalue weighted by Gasteiger charge is 2.35. The fourth-order valence-electron chi connectivity index (χ4n) is 4.22. The molecule has 8 heteroatoms. The number of nitrogens with zero attached hydrogens (tertiary/aromatic N) is 1. The van der Waals surface area contributed by atoms with Gasteiger partial charge in [0.05, 0.1) is 19.1 Å². The molecule has 2 aromatic rings. The van der Waals surface area contributed by atoms with Crippen LogP contribution in [0.1, 0.15) is 48.1 Å². The van der Waals surface area contributed by atoms with E-state index in [9.17, 15) is 13.2 Å². The molecule has 1 aliphatic rings. The molecule has 32 heavy (non-hydrogen) atoms. The summed E-state index contributed by atoms with van der Waals surface area (Å²) in [5, 5.41) is 3.40. The van der Waals surface area contributed by atoms with E-state index in [0.717, 1.165) is 11.1 Å². The van der Waals surface area contributed by atoms with Crippen LogP contribution in [0.25, 0.3) is 0 Å². The van der Waals surface area contributed by atoms with Crippen molar-refractivity contribution in [2.45, 2.75) is 51.5 Å². The highest BCUT2D eigenvalue weighted by molar-refractivity contribution is 7.89. The normalized spacial score (nSPS) is 18.2. The van der Waals surface area contributed by atoms with E-state index in [2.05, 4.69) is 31.3 Å². The summed E-state index contributed by atoms with van der Waals surface area (Å²) < 4.78 is 33.2. The molecule has 0 radical (unpaired) electrons. The Bertz CT molecular complexity index is 1120. The minimum Gasteiger partial charge on any atom is -0.495 e. The minimum absolute atomic E-state index is 0.0210. The number of ether oxygens (including phenoxy) is 1. The number of halogens is 1. The zero-order valence-corrected chi connectivity index (χ0v) is 20.8. The molecule has 2 aromatic carbocycles. The van der Waals surface area contributed by atoms with Crippen molar-refractivity contribution in [3.63, 3.8) is 0 Å². The van der Waals surface area contributed by atoms with Gasteiger partial charge in [-0.25, -0.2) is 8.42 Å². The van der Waals surface area contributed by atoms with Crippen LogP contribution in [0.4, 0.5) is 0 Å².